The lowest BCUT2D eigenvalue weighted by molar-refractivity contribution is -0.112. The lowest BCUT2D eigenvalue weighted by Crippen LogP contribution is -1.79. The number of carbonyl (C=O) groups is 1. The number of carbonyl (C=O) groups excluding carboxylic acids is 1. The van der Waals surface area contributed by atoms with E-state index in [1.807, 2.05) is 0 Å². The number of hydrogen-bond acceptors (Lipinski definition) is 1. The van der Waals surface area contributed by atoms with Gasteiger partial charge in [-0.25, -0.2) is 0 Å². The minimum Gasteiger partial charge on any atom is -0.295 e. The first kappa shape index (κ1) is 6.70. The molecular weight excluding hydrogens is 112 g/mol. The highest BCUT2D eigenvalue weighted by Crippen LogP contribution is 1.96. The molecule has 0 aliphatic carbocycles. The van der Waals surface area contributed by atoms with Gasteiger partial charge in [0, 0.05) is 5.03 Å². The molecule has 0 radical (unpaired) electrons. The van der Waals surface area contributed by atoms with Gasteiger partial charge in [0.25, 0.3) is 0 Å². The van der Waals surface area contributed by atoms with Crippen molar-refractivity contribution in [2.24, 2.45) is 0 Å². The van der Waals surface area contributed by atoms with Crippen molar-refractivity contribution in [2.45, 2.75) is 13.8 Å². The van der Waals surface area contributed by atoms with E-state index in [1.165, 1.54) is 13.0 Å². The molecule has 40 valence electrons. The summed E-state index contributed by atoms with van der Waals surface area (Å²) in [4.78, 5) is 10.1. The van der Waals surface area contributed by atoms with E-state index in [0.717, 1.165) is 0 Å². The fraction of sp³-hybridized carbons (Fsp3) is 0.400. The molecule has 0 bridgehead atoms. The summed E-state index contributed by atoms with van der Waals surface area (Å²) in [5, 5.41) is 0.535. The van der Waals surface area contributed by atoms with Crippen LogP contribution in [0.25, 0.3) is 0 Å². The predicted molar refractivity (Wildman–Crippen MR) is 30.3 cm³/mol. The minimum absolute atomic E-state index is 0.00694. The van der Waals surface area contributed by atoms with Crippen molar-refractivity contribution >= 4 is 17.4 Å². The minimum atomic E-state index is -0.00694. The van der Waals surface area contributed by atoms with Crippen molar-refractivity contribution in [3.8, 4) is 0 Å². The summed E-state index contributed by atoms with van der Waals surface area (Å²) in [5.74, 6) is -0.00694. The molecule has 1 nitrogen and oxygen atoms in total. The first-order valence-electron chi connectivity index (χ1n) is 1.97. The Kier molecular flexibility index (Phi) is 2.68. The molecule has 0 heterocycles. The number of rotatable bonds is 1. The van der Waals surface area contributed by atoms with Gasteiger partial charge in [-0.05, 0) is 19.9 Å². The topological polar surface area (TPSA) is 17.1 Å². The largest absolute Gasteiger partial charge is 0.295 e. The fourth-order valence-corrected chi connectivity index (χ4v) is 0.434. The summed E-state index contributed by atoms with van der Waals surface area (Å²) in [6.45, 7) is 3.13. The third-order valence-electron chi connectivity index (χ3n) is 0.402. The Morgan fingerprint density at radius 3 is 2.00 bits per heavy atom. The second-order valence-electron chi connectivity index (χ2n) is 1.34. The monoisotopic (exact) mass is 118 g/mol. The summed E-state index contributed by atoms with van der Waals surface area (Å²) in [7, 11) is 0. The summed E-state index contributed by atoms with van der Waals surface area (Å²) >= 11 is 5.31. The van der Waals surface area contributed by atoms with Gasteiger partial charge in [0.2, 0.25) is 0 Å². The van der Waals surface area contributed by atoms with Crippen molar-refractivity contribution in [1.29, 1.82) is 0 Å². The number of ketones is 1. The normalized spacial score (nSPS) is 11.6. The van der Waals surface area contributed by atoms with Crippen LogP contribution in [-0.2, 0) is 4.79 Å². The first-order valence-corrected chi connectivity index (χ1v) is 2.35. The summed E-state index contributed by atoms with van der Waals surface area (Å²) in [5.41, 5.74) is 0. The van der Waals surface area contributed by atoms with Crippen LogP contribution in [-0.4, -0.2) is 5.78 Å². The molecule has 0 amide bonds. The van der Waals surface area contributed by atoms with Crippen LogP contribution in [0.1, 0.15) is 13.8 Å². The van der Waals surface area contributed by atoms with Crippen LogP contribution in [0.3, 0.4) is 0 Å². The predicted octanol–water partition coefficient (Wildman–Crippen LogP) is 1.72. The SMILES string of the molecule is CC(=O)C=C(C)Cl. The third kappa shape index (κ3) is 5.70. The standard InChI is InChI=1S/C5H7ClO/c1-4(6)3-5(2)7/h3H,1-2H3. The molecule has 0 unspecified atom stereocenters. The van der Waals surface area contributed by atoms with Crippen LogP contribution in [0.5, 0.6) is 0 Å². The average Bonchev–Trinajstić information content (AvgIpc) is 1.27. The van der Waals surface area contributed by atoms with Crippen LogP contribution in [0.2, 0.25) is 0 Å². The van der Waals surface area contributed by atoms with E-state index in [1.54, 1.807) is 6.92 Å². The van der Waals surface area contributed by atoms with Crippen LogP contribution < -0.4 is 0 Å². The molecule has 0 aliphatic heterocycles. The van der Waals surface area contributed by atoms with Crippen molar-refractivity contribution < 1.29 is 4.79 Å². The molecule has 7 heavy (non-hydrogen) atoms. The molecule has 0 aromatic carbocycles. The van der Waals surface area contributed by atoms with Crippen LogP contribution in [0, 0.1) is 0 Å². The third-order valence-corrected chi connectivity index (χ3v) is 0.511. The lowest BCUT2D eigenvalue weighted by Gasteiger charge is -1.77. The van der Waals surface area contributed by atoms with Crippen molar-refractivity contribution in [3.05, 3.63) is 11.1 Å². The van der Waals surface area contributed by atoms with Gasteiger partial charge in [-0.15, -0.1) is 0 Å². The van der Waals surface area contributed by atoms with E-state index in [4.69, 9.17) is 11.6 Å². The molecule has 0 rings (SSSR count). The molecule has 2 heteroatoms. The Bertz CT molecular complexity index is 101. The van der Waals surface area contributed by atoms with E-state index in [-0.39, 0.29) is 5.78 Å². The van der Waals surface area contributed by atoms with Gasteiger partial charge in [0.05, 0.1) is 0 Å². The molecule has 0 N–H and O–H groups in total. The number of allylic oxidation sites excluding steroid dienone is 2. The van der Waals surface area contributed by atoms with Crippen LogP contribution in [0.15, 0.2) is 11.1 Å². The molecule has 0 atom stereocenters. The van der Waals surface area contributed by atoms with E-state index < -0.39 is 0 Å². The van der Waals surface area contributed by atoms with Gasteiger partial charge in [-0.1, -0.05) is 11.6 Å². The second kappa shape index (κ2) is 2.80. The highest BCUT2D eigenvalue weighted by Gasteiger charge is 1.82. The Morgan fingerprint density at radius 1 is 1.57 bits per heavy atom. The van der Waals surface area contributed by atoms with Crippen LogP contribution in [0.4, 0.5) is 0 Å². The molecule has 0 aromatic rings. The lowest BCUT2D eigenvalue weighted by atomic mass is 10.4. The molecule has 0 saturated heterocycles. The van der Waals surface area contributed by atoms with E-state index in [0.29, 0.717) is 5.03 Å². The van der Waals surface area contributed by atoms with Crippen LogP contribution >= 0.6 is 11.6 Å². The Hall–Kier alpha value is -0.300. The van der Waals surface area contributed by atoms with E-state index in [2.05, 4.69) is 0 Å². The highest BCUT2D eigenvalue weighted by molar-refractivity contribution is 6.30. The molecule has 0 saturated carbocycles. The average molecular weight is 119 g/mol. The Balaban J connectivity index is 3.68. The van der Waals surface area contributed by atoms with E-state index >= 15 is 0 Å². The first-order chi connectivity index (χ1) is 3.13. The number of hydrogen-bond donors (Lipinski definition) is 0. The van der Waals surface area contributed by atoms with E-state index in [9.17, 15) is 4.79 Å². The maximum atomic E-state index is 10.1. The molecule has 0 fully saturated rings. The Labute approximate surface area is 48.0 Å². The fourth-order valence-electron chi connectivity index (χ4n) is 0.280. The zero-order chi connectivity index (χ0) is 5.86. The van der Waals surface area contributed by atoms with Gasteiger partial charge in [0.15, 0.2) is 5.78 Å². The van der Waals surface area contributed by atoms with Gasteiger partial charge >= 0.3 is 0 Å². The molecule has 0 aliphatic rings. The molecule has 0 spiro atoms. The highest BCUT2D eigenvalue weighted by atomic mass is 35.5. The smallest absolute Gasteiger partial charge is 0.153 e. The van der Waals surface area contributed by atoms with Crippen molar-refractivity contribution in [3.63, 3.8) is 0 Å². The van der Waals surface area contributed by atoms with Gasteiger partial charge in [-0.2, -0.15) is 0 Å². The summed E-state index contributed by atoms with van der Waals surface area (Å²) in [6.07, 6.45) is 1.38. The van der Waals surface area contributed by atoms with Crippen molar-refractivity contribution in [1.82, 2.24) is 0 Å². The zero-order valence-electron chi connectivity index (χ0n) is 4.36. The summed E-state index contributed by atoms with van der Waals surface area (Å²) in [6, 6.07) is 0. The molecular formula is C5H7ClO. The maximum Gasteiger partial charge on any atom is 0.153 e. The maximum absolute atomic E-state index is 10.1. The van der Waals surface area contributed by atoms with Crippen molar-refractivity contribution in [2.75, 3.05) is 0 Å². The van der Waals surface area contributed by atoms with Gasteiger partial charge in [0.1, 0.15) is 0 Å². The zero-order valence-corrected chi connectivity index (χ0v) is 5.12. The quantitative estimate of drug-likeness (QED) is 0.479. The Morgan fingerprint density at radius 2 is 2.00 bits per heavy atom. The second-order valence-corrected chi connectivity index (χ2v) is 1.94. The molecule has 0 aromatic heterocycles. The van der Waals surface area contributed by atoms with Gasteiger partial charge in [-0.3, -0.25) is 4.79 Å². The number of halogens is 1. The summed E-state index contributed by atoms with van der Waals surface area (Å²) < 4.78 is 0. The van der Waals surface area contributed by atoms with Gasteiger partial charge < -0.3 is 0 Å².